The Kier molecular flexibility index (Phi) is 8.81. The minimum atomic E-state index is 0. The zero-order valence-corrected chi connectivity index (χ0v) is 14.7. The summed E-state index contributed by atoms with van der Waals surface area (Å²) in [4.78, 5) is 11.9. The van der Waals surface area contributed by atoms with Crippen molar-refractivity contribution in [1.29, 1.82) is 0 Å². The molecule has 2 rings (SSSR count). The van der Waals surface area contributed by atoms with Gasteiger partial charge in [-0.3, -0.25) is 4.79 Å². The summed E-state index contributed by atoms with van der Waals surface area (Å²) >= 11 is 0. The maximum absolute atomic E-state index is 11.9. The van der Waals surface area contributed by atoms with Crippen LogP contribution in [0.4, 0.5) is 0 Å². The quantitative estimate of drug-likeness (QED) is 0.747. The van der Waals surface area contributed by atoms with Crippen LogP contribution < -0.4 is 20.1 Å². The van der Waals surface area contributed by atoms with Crippen LogP contribution >= 0.6 is 12.4 Å². The van der Waals surface area contributed by atoms with Crippen LogP contribution in [-0.4, -0.2) is 38.8 Å². The Balaban J connectivity index is 0.00000264. The molecule has 0 bridgehead atoms. The summed E-state index contributed by atoms with van der Waals surface area (Å²) in [5.74, 6) is 2.26. The number of hydrogen-bond acceptors (Lipinski definition) is 4. The first kappa shape index (κ1) is 19.6. The third-order valence-electron chi connectivity index (χ3n) is 4.05. The maximum atomic E-state index is 11.9. The fourth-order valence-electron chi connectivity index (χ4n) is 2.56. The van der Waals surface area contributed by atoms with E-state index in [1.54, 1.807) is 7.11 Å². The molecule has 1 aromatic rings. The van der Waals surface area contributed by atoms with Crippen molar-refractivity contribution in [1.82, 2.24) is 10.6 Å². The van der Waals surface area contributed by atoms with Gasteiger partial charge in [0, 0.05) is 19.0 Å². The van der Waals surface area contributed by atoms with Gasteiger partial charge < -0.3 is 20.1 Å². The lowest BCUT2D eigenvalue weighted by Crippen LogP contribution is -2.50. The molecule has 1 aliphatic rings. The van der Waals surface area contributed by atoms with Crippen molar-refractivity contribution < 1.29 is 14.3 Å². The second-order valence-corrected chi connectivity index (χ2v) is 5.77. The molecule has 0 aliphatic carbocycles. The molecule has 0 spiro atoms. The van der Waals surface area contributed by atoms with Crippen LogP contribution in [-0.2, 0) is 4.79 Å². The molecule has 1 saturated heterocycles. The van der Waals surface area contributed by atoms with Gasteiger partial charge in [-0.1, -0.05) is 6.92 Å². The molecular weight excluding hydrogens is 316 g/mol. The van der Waals surface area contributed by atoms with Gasteiger partial charge in [-0.15, -0.1) is 12.4 Å². The molecule has 1 aliphatic heterocycles. The number of methoxy groups -OCH3 is 1. The van der Waals surface area contributed by atoms with Crippen molar-refractivity contribution >= 4 is 18.3 Å². The maximum Gasteiger partial charge on any atom is 0.220 e. The molecule has 6 heteroatoms. The minimum absolute atomic E-state index is 0. The lowest BCUT2D eigenvalue weighted by atomic mass is 9.95. The van der Waals surface area contributed by atoms with E-state index in [1.165, 1.54) is 0 Å². The van der Waals surface area contributed by atoms with Crippen molar-refractivity contribution in [2.45, 2.75) is 32.2 Å². The van der Waals surface area contributed by atoms with Crippen molar-refractivity contribution in [2.75, 3.05) is 26.8 Å². The molecule has 1 fully saturated rings. The highest BCUT2D eigenvalue weighted by Gasteiger charge is 2.22. The van der Waals surface area contributed by atoms with E-state index in [2.05, 4.69) is 17.6 Å². The van der Waals surface area contributed by atoms with E-state index in [-0.39, 0.29) is 24.4 Å². The number of carbonyl (C=O) groups excluding carboxylic acids is 1. The normalized spacial score (nSPS) is 20.3. The van der Waals surface area contributed by atoms with Crippen molar-refractivity contribution in [2.24, 2.45) is 5.92 Å². The highest BCUT2D eigenvalue weighted by Crippen LogP contribution is 2.17. The summed E-state index contributed by atoms with van der Waals surface area (Å²) < 4.78 is 10.7. The average molecular weight is 343 g/mol. The summed E-state index contributed by atoms with van der Waals surface area (Å²) in [6, 6.07) is 7.71. The van der Waals surface area contributed by atoms with Gasteiger partial charge in [0.25, 0.3) is 0 Å². The van der Waals surface area contributed by atoms with Crippen LogP contribution in [0.5, 0.6) is 11.5 Å². The fraction of sp³-hybridized carbons (Fsp3) is 0.588. The molecule has 1 aromatic carbocycles. The molecule has 5 nitrogen and oxygen atoms in total. The molecule has 1 heterocycles. The largest absolute Gasteiger partial charge is 0.497 e. The predicted molar refractivity (Wildman–Crippen MR) is 93.6 cm³/mol. The Labute approximate surface area is 144 Å². The molecule has 23 heavy (non-hydrogen) atoms. The smallest absolute Gasteiger partial charge is 0.220 e. The number of rotatable bonds is 7. The Hall–Kier alpha value is -1.46. The van der Waals surface area contributed by atoms with Gasteiger partial charge in [0.1, 0.15) is 11.5 Å². The second kappa shape index (κ2) is 10.3. The van der Waals surface area contributed by atoms with Gasteiger partial charge in [0.15, 0.2) is 0 Å². The Bertz CT molecular complexity index is 467. The van der Waals surface area contributed by atoms with Crippen LogP contribution in [0.25, 0.3) is 0 Å². The van der Waals surface area contributed by atoms with Gasteiger partial charge >= 0.3 is 0 Å². The van der Waals surface area contributed by atoms with E-state index in [4.69, 9.17) is 9.47 Å². The van der Waals surface area contributed by atoms with Crippen LogP contribution in [0.2, 0.25) is 0 Å². The standard InChI is InChI=1S/C17H26N2O3.ClH/c1-13-9-10-18-12-16(13)19-17(20)4-3-11-22-15-7-5-14(21-2)6-8-15;/h5-8,13,16,18H,3-4,9-12H2,1-2H3,(H,19,20);1H. The van der Waals surface area contributed by atoms with Crippen LogP contribution in [0.3, 0.4) is 0 Å². The van der Waals surface area contributed by atoms with E-state index >= 15 is 0 Å². The molecule has 2 atom stereocenters. The minimum Gasteiger partial charge on any atom is -0.497 e. The third kappa shape index (κ3) is 6.67. The van der Waals surface area contributed by atoms with Gasteiger partial charge in [-0.25, -0.2) is 0 Å². The average Bonchev–Trinajstić information content (AvgIpc) is 2.54. The summed E-state index contributed by atoms with van der Waals surface area (Å²) in [6.45, 7) is 4.65. The summed E-state index contributed by atoms with van der Waals surface area (Å²) in [7, 11) is 1.64. The molecular formula is C17H27ClN2O3. The number of benzene rings is 1. The molecule has 0 aromatic heterocycles. The van der Waals surface area contributed by atoms with Crippen molar-refractivity contribution in [3.63, 3.8) is 0 Å². The summed E-state index contributed by atoms with van der Waals surface area (Å²) in [5.41, 5.74) is 0. The monoisotopic (exact) mass is 342 g/mol. The van der Waals surface area contributed by atoms with Crippen molar-refractivity contribution in [3.05, 3.63) is 24.3 Å². The van der Waals surface area contributed by atoms with E-state index in [1.807, 2.05) is 24.3 Å². The molecule has 0 saturated carbocycles. The predicted octanol–water partition coefficient (Wildman–Crippen LogP) is 2.39. The van der Waals surface area contributed by atoms with Gasteiger partial charge in [-0.2, -0.15) is 0 Å². The number of ether oxygens (including phenoxy) is 2. The first-order chi connectivity index (χ1) is 10.7. The number of nitrogens with one attached hydrogen (secondary N) is 2. The molecule has 2 N–H and O–H groups in total. The fourth-order valence-corrected chi connectivity index (χ4v) is 2.56. The van der Waals surface area contributed by atoms with E-state index in [0.717, 1.165) is 31.0 Å². The lowest BCUT2D eigenvalue weighted by molar-refractivity contribution is -0.122. The molecule has 130 valence electrons. The molecule has 1 amide bonds. The zero-order chi connectivity index (χ0) is 15.8. The Morgan fingerprint density at radius 3 is 2.65 bits per heavy atom. The molecule has 0 radical (unpaired) electrons. The number of carbonyl (C=O) groups is 1. The summed E-state index contributed by atoms with van der Waals surface area (Å²) in [6.07, 6.45) is 2.33. The lowest BCUT2D eigenvalue weighted by Gasteiger charge is -2.30. The molecule has 2 unspecified atom stereocenters. The summed E-state index contributed by atoms with van der Waals surface area (Å²) in [5, 5.41) is 6.43. The van der Waals surface area contributed by atoms with E-state index < -0.39 is 0 Å². The topological polar surface area (TPSA) is 59.6 Å². The van der Waals surface area contributed by atoms with Gasteiger partial charge in [-0.05, 0) is 49.6 Å². The first-order valence-electron chi connectivity index (χ1n) is 7.96. The SMILES string of the molecule is COc1ccc(OCCCC(=O)NC2CNCCC2C)cc1.Cl. The number of piperidine rings is 1. The van der Waals surface area contributed by atoms with Gasteiger partial charge in [0.05, 0.1) is 13.7 Å². The number of hydrogen-bond donors (Lipinski definition) is 2. The van der Waals surface area contributed by atoms with E-state index in [9.17, 15) is 4.79 Å². The third-order valence-corrected chi connectivity index (χ3v) is 4.05. The first-order valence-corrected chi connectivity index (χ1v) is 7.96. The van der Waals surface area contributed by atoms with Crippen LogP contribution in [0, 0.1) is 5.92 Å². The number of amides is 1. The zero-order valence-electron chi connectivity index (χ0n) is 13.8. The van der Waals surface area contributed by atoms with Gasteiger partial charge in [0.2, 0.25) is 5.91 Å². The second-order valence-electron chi connectivity index (χ2n) is 5.77. The Morgan fingerprint density at radius 2 is 2.00 bits per heavy atom. The number of halogens is 1. The van der Waals surface area contributed by atoms with Crippen molar-refractivity contribution in [3.8, 4) is 11.5 Å². The van der Waals surface area contributed by atoms with Crippen LogP contribution in [0.1, 0.15) is 26.2 Å². The highest BCUT2D eigenvalue weighted by atomic mass is 35.5. The highest BCUT2D eigenvalue weighted by molar-refractivity contribution is 5.85. The Morgan fingerprint density at radius 1 is 1.30 bits per heavy atom. The van der Waals surface area contributed by atoms with Crippen LogP contribution in [0.15, 0.2) is 24.3 Å². The van der Waals surface area contributed by atoms with E-state index in [0.29, 0.717) is 25.4 Å².